The lowest BCUT2D eigenvalue weighted by molar-refractivity contribution is -0.137. The van der Waals surface area contributed by atoms with E-state index in [0.717, 1.165) is 39.5 Å². The Kier molecular flexibility index (Phi) is 3.42. The maximum atomic E-state index is 13.1. The van der Waals surface area contributed by atoms with Crippen molar-refractivity contribution in [1.29, 1.82) is 0 Å². The van der Waals surface area contributed by atoms with E-state index in [0.29, 0.717) is 0 Å². The van der Waals surface area contributed by atoms with E-state index in [1.54, 1.807) is 0 Å². The summed E-state index contributed by atoms with van der Waals surface area (Å²) >= 11 is 0. The highest BCUT2D eigenvalue weighted by Crippen LogP contribution is 2.29. The first kappa shape index (κ1) is 15.2. The second-order valence-corrected chi connectivity index (χ2v) is 4.70. The molecule has 3 rings (SSSR count). The fraction of sp³-hybridized carbons (Fsp3) is 0.143. The van der Waals surface area contributed by atoms with Gasteiger partial charge in [-0.2, -0.15) is 18.3 Å². The highest BCUT2D eigenvalue weighted by molar-refractivity contribution is 5.48. The Balaban J connectivity index is 2.20. The molecule has 0 radical (unpaired) electrons. The zero-order chi connectivity index (χ0) is 16.8. The van der Waals surface area contributed by atoms with Crippen LogP contribution >= 0.6 is 0 Å². The van der Waals surface area contributed by atoms with Gasteiger partial charge in [-0.3, -0.25) is 9.36 Å². The van der Waals surface area contributed by atoms with Crippen molar-refractivity contribution in [3.8, 4) is 5.69 Å². The van der Waals surface area contributed by atoms with E-state index in [9.17, 15) is 26.7 Å². The number of hydrogen-bond acceptors (Lipinski definition) is 2. The van der Waals surface area contributed by atoms with E-state index < -0.39 is 29.4 Å². The molecule has 0 aliphatic heterocycles. The standard InChI is InChI=1S/C14H8F5N3O/c15-12(16)11-7-21(13(23)10-5-6-20-22(10)11)9-3-1-8(2-4-9)14(17,18)19/h1-7,12H. The Bertz CT molecular complexity index is 909. The van der Waals surface area contributed by atoms with Gasteiger partial charge in [0.25, 0.3) is 12.0 Å². The summed E-state index contributed by atoms with van der Waals surface area (Å²) < 4.78 is 65.6. The van der Waals surface area contributed by atoms with Crippen LogP contribution in [0.25, 0.3) is 11.2 Å². The zero-order valence-electron chi connectivity index (χ0n) is 11.3. The van der Waals surface area contributed by atoms with Crippen LogP contribution in [0.3, 0.4) is 0 Å². The Morgan fingerprint density at radius 1 is 1.04 bits per heavy atom. The number of benzene rings is 1. The Hall–Kier alpha value is -2.71. The molecule has 0 saturated carbocycles. The van der Waals surface area contributed by atoms with Crippen LogP contribution in [0, 0.1) is 0 Å². The number of fused-ring (bicyclic) bond motifs is 1. The first-order valence-corrected chi connectivity index (χ1v) is 6.34. The fourth-order valence-electron chi connectivity index (χ4n) is 2.19. The lowest BCUT2D eigenvalue weighted by Gasteiger charge is -2.12. The quantitative estimate of drug-likeness (QED) is 0.676. The maximum Gasteiger partial charge on any atom is 0.416 e. The van der Waals surface area contributed by atoms with E-state index >= 15 is 0 Å². The summed E-state index contributed by atoms with van der Waals surface area (Å²) in [4.78, 5) is 12.3. The molecule has 0 aliphatic rings. The largest absolute Gasteiger partial charge is 0.416 e. The Morgan fingerprint density at radius 2 is 1.70 bits per heavy atom. The van der Waals surface area contributed by atoms with Crippen LogP contribution in [0.1, 0.15) is 17.7 Å². The number of aromatic nitrogens is 3. The van der Waals surface area contributed by atoms with E-state index in [1.807, 2.05) is 0 Å². The van der Waals surface area contributed by atoms with Gasteiger partial charge < -0.3 is 0 Å². The lowest BCUT2D eigenvalue weighted by Crippen LogP contribution is -2.22. The molecular weight excluding hydrogens is 321 g/mol. The number of alkyl halides is 5. The van der Waals surface area contributed by atoms with Crippen LogP contribution in [0.2, 0.25) is 0 Å². The third-order valence-corrected chi connectivity index (χ3v) is 3.28. The lowest BCUT2D eigenvalue weighted by atomic mass is 10.2. The van der Waals surface area contributed by atoms with Crippen LogP contribution < -0.4 is 5.56 Å². The van der Waals surface area contributed by atoms with Gasteiger partial charge in [0.2, 0.25) is 0 Å². The van der Waals surface area contributed by atoms with Crippen molar-refractivity contribution in [3.05, 3.63) is 64.3 Å². The molecule has 0 bridgehead atoms. The predicted octanol–water partition coefficient (Wildman–Crippen LogP) is 3.44. The average Bonchev–Trinajstić information content (AvgIpc) is 2.96. The minimum atomic E-state index is -4.52. The molecule has 23 heavy (non-hydrogen) atoms. The first-order valence-electron chi connectivity index (χ1n) is 6.34. The SMILES string of the molecule is O=c1c2ccnn2c(C(F)F)cn1-c1ccc(C(F)(F)F)cc1. The third kappa shape index (κ3) is 2.58. The van der Waals surface area contributed by atoms with Crippen molar-refractivity contribution >= 4 is 5.52 Å². The van der Waals surface area contributed by atoms with E-state index in [-0.39, 0.29) is 11.2 Å². The smallest absolute Gasteiger partial charge is 0.280 e. The second kappa shape index (κ2) is 5.18. The normalized spacial score (nSPS) is 12.3. The highest BCUT2D eigenvalue weighted by atomic mass is 19.4. The molecule has 2 aromatic heterocycles. The van der Waals surface area contributed by atoms with Crippen LogP contribution in [0.15, 0.2) is 47.5 Å². The molecule has 9 heteroatoms. The van der Waals surface area contributed by atoms with Gasteiger partial charge in [0.15, 0.2) is 0 Å². The van der Waals surface area contributed by atoms with Crippen LogP contribution in [0.4, 0.5) is 22.0 Å². The molecular formula is C14H8F5N3O. The molecule has 0 spiro atoms. The number of rotatable bonds is 2. The minimum Gasteiger partial charge on any atom is -0.280 e. The van der Waals surface area contributed by atoms with Crippen LogP contribution in [0.5, 0.6) is 0 Å². The molecule has 3 aromatic rings. The Labute approximate surface area is 125 Å². The molecule has 0 fully saturated rings. The van der Waals surface area contributed by atoms with Gasteiger partial charge in [-0.05, 0) is 30.3 Å². The molecule has 0 unspecified atom stereocenters. The summed E-state index contributed by atoms with van der Waals surface area (Å²) in [5.41, 5.74) is -2.14. The average molecular weight is 329 g/mol. The summed E-state index contributed by atoms with van der Waals surface area (Å²) in [7, 11) is 0. The number of nitrogens with zero attached hydrogens (tertiary/aromatic N) is 3. The van der Waals surface area contributed by atoms with Gasteiger partial charge in [0, 0.05) is 11.9 Å². The van der Waals surface area contributed by atoms with Crippen molar-refractivity contribution in [3.63, 3.8) is 0 Å². The molecule has 4 nitrogen and oxygen atoms in total. The molecule has 1 aromatic carbocycles. The molecule has 0 amide bonds. The van der Waals surface area contributed by atoms with E-state index in [4.69, 9.17) is 0 Å². The zero-order valence-corrected chi connectivity index (χ0v) is 11.3. The molecule has 2 heterocycles. The van der Waals surface area contributed by atoms with Gasteiger partial charge in [-0.15, -0.1) is 0 Å². The van der Waals surface area contributed by atoms with Gasteiger partial charge in [-0.1, -0.05) is 0 Å². The van der Waals surface area contributed by atoms with Gasteiger partial charge in [0.1, 0.15) is 11.2 Å². The van der Waals surface area contributed by atoms with Crippen molar-refractivity contribution in [2.45, 2.75) is 12.6 Å². The number of halogens is 5. The van der Waals surface area contributed by atoms with Crippen molar-refractivity contribution < 1.29 is 22.0 Å². The minimum absolute atomic E-state index is 0.0496. The molecule has 0 atom stereocenters. The summed E-state index contributed by atoms with van der Waals surface area (Å²) in [6.45, 7) is 0. The van der Waals surface area contributed by atoms with Gasteiger partial charge in [-0.25, -0.2) is 13.3 Å². The second-order valence-electron chi connectivity index (χ2n) is 4.70. The monoisotopic (exact) mass is 329 g/mol. The van der Waals surface area contributed by atoms with Gasteiger partial charge in [0.05, 0.1) is 11.8 Å². The van der Waals surface area contributed by atoms with Crippen LogP contribution in [-0.4, -0.2) is 14.2 Å². The van der Waals surface area contributed by atoms with E-state index in [2.05, 4.69) is 5.10 Å². The third-order valence-electron chi connectivity index (χ3n) is 3.28. The van der Waals surface area contributed by atoms with Crippen LogP contribution in [-0.2, 0) is 6.18 Å². The van der Waals surface area contributed by atoms with Crippen molar-refractivity contribution in [1.82, 2.24) is 14.2 Å². The molecule has 0 aliphatic carbocycles. The molecule has 120 valence electrons. The molecule has 0 saturated heterocycles. The van der Waals surface area contributed by atoms with Crippen molar-refractivity contribution in [2.75, 3.05) is 0 Å². The topological polar surface area (TPSA) is 39.3 Å². The first-order chi connectivity index (χ1) is 10.8. The summed E-state index contributed by atoms with van der Waals surface area (Å²) in [5, 5.41) is 3.66. The van der Waals surface area contributed by atoms with E-state index in [1.165, 1.54) is 12.3 Å². The fourth-order valence-corrected chi connectivity index (χ4v) is 2.19. The Morgan fingerprint density at radius 3 is 2.26 bits per heavy atom. The summed E-state index contributed by atoms with van der Waals surface area (Å²) in [6, 6.07) is 4.92. The summed E-state index contributed by atoms with van der Waals surface area (Å²) in [6.07, 6.45) is -5.36. The highest BCUT2D eigenvalue weighted by Gasteiger charge is 2.30. The predicted molar refractivity (Wildman–Crippen MR) is 70.7 cm³/mol. The van der Waals surface area contributed by atoms with Crippen molar-refractivity contribution in [2.24, 2.45) is 0 Å². The summed E-state index contributed by atoms with van der Waals surface area (Å²) in [5.74, 6) is 0. The molecule has 0 N–H and O–H groups in total. The van der Waals surface area contributed by atoms with Gasteiger partial charge >= 0.3 is 6.18 Å². The maximum absolute atomic E-state index is 13.1. The number of hydrogen-bond donors (Lipinski definition) is 0.